The van der Waals surface area contributed by atoms with Gasteiger partial charge in [0, 0.05) is 29.7 Å². The molecule has 1 saturated heterocycles. The van der Waals surface area contributed by atoms with Crippen LogP contribution in [0.2, 0.25) is 0 Å². The summed E-state index contributed by atoms with van der Waals surface area (Å²) >= 11 is 1.48. The Morgan fingerprint density at radius 1 is 1.19 bits per heavy atom. The van der Waals surface area contributed by atoms with Gasteiger partial charge in [-0.3, -0.25) is 9.59 Å². The molecule has 9 atom stereocenters. The number of fused-ring (bicyclic) bond motifs is 8. The number of aliphatic hydroxyl groups excluding tert-OH is 1. The van der Waals surface area contributed by atoms with Crippen molar-refractivity contribution in [2.75, 3.05) is 5.75 Å². The number of aromatic nitrogens is 2. The summed E-state index contributed by atoms with van der Waals surface area (Å²) in [4.78, 5) is 31.8. The predicted octanol–water partition coefficient (Wildman–Crippen LogP) is 5.79. The summed E-state index contributed by atoms with van der Waals surface area (Å²) in [7, 11) is 2.00. The summed E-state index contributed by atoms with van der Waals surface area (Å²) in [6.45, 7) is 4.40. The number of nitrogens with zero attached hydrogens (tertiary/aromatic N) is 2. The van der Waals surface area contributed by atoms with Crippen molar-refractivity contribution in [2.45, 2.75) is 94.5 Å². The van der Waals surface area contributed by atoms with Crippen LogP contribution in [0.1, 0.15) is 65.2 Å². The molecule has 5 aliphatic carbocycles. The molecule has 1 aromatic heterocycles. The molecule has 8 rings (SSSR count). The fourth-order valence-electron chi connectivity index (χ4n) is 10.5. The zero-order chi connectivity index (χ0) is 29.7. The number of Topliss-reactive ketones (excluding diaryl/α,β-unsaturated/α-hetero) is 1. The quantitative estimate of drug-likeness (QED) is 0.433. The summed E-state index contributed by atoms with van der Waals surface area (Å²) in [5.74, 6) is 1.07. The highest BCUT2D eigenvalue weighted by atomic mass is 32.2. The van der Waals surface area contributed by atoms with Crippen molar-refractivity contribution in [1.29, 1.82) is 0 Å². The molecule has 7 nitrogen and oxygen atoms in total. The number of carbonyl (C=O) groups excluding carboxylic acids is 2. The number of rotatable bonds is 5. The number of aryl methyl sites for hydroxylation is 1. The second-order valence-electron chi connectivity index (χ2n) is 14.5. The van der Waals surface area contributed by atoms with Crippen molar-refractivity contribution in [2.24, 2.45) is 41.5 Å². The minimum absolute atomic E-state index is 0.000839. The summed E-state index contributed by atoms with van der Waals surface area (Å²) in [5.41, 5.74) is 1.11. The third-order valence-electron chi connectivity index (χ3n) is 12.5. The maximum atomic E-state index is 14.8. The predicted molar refractivity (Wildman–Crippen MR) is 164 cm³/mol. The molecule has 2 aromatic rings. The molecule has 2 heterocycles. The molecule has 4 saturated carbocycles. The average Bonchev–Trinajstić information content (AvgIpc) is 3.75. The van der Waals surface area contributed by atoms with E-state index in [1.807, 2.05) is 37.4 Å². The van der Waals surface area contributed by atoms with Gasteiger partial charge in [-0.1, -0.05) is 62.2 Å². The number of imidazole rings is 1. The van der Waals surface area contributed by atoms with Gasteiger partial charge in [-0.2, -0.15) is 0 Å². The normalized spacial score (nSPS) is 42.0. The van der Waals surface area contributed by atoms with Crippen LogP contribution in [0.4, 0.5) is 0 Å². The lowest BCUT2D eigenvalue weighted by Crippen LogP contribution is -2.63. The minimum Gasteiger partial charge on any atom is -0.393 e. The number of allylic oxidation sites excluding steroid dienone is 4. The van der Waals surface area contributed by atoms with Gasteiger partial charge < -0.3 is 19.1 Å². The van der Waals surface area contributed by atoms with Crippen molar-refractivity contribution in [3.63, 3.8) is 0 Å². The zero-order valence-electron chi connectivity index (χ0n) is 25.3. The molecule has 6 aliphatic rings. The highest BCUT2D eigenvalue weighted by molar-refractivity contribution is 7.99. The van der Waals surface area contributed by atoms with Crippen LogP contribution >= 0.6 is 11.8 Å². The van der Waals surface area contributed by atoms with Gasteiger partial charge >= 0.3 is 0 Å². The lowest BCUT2D eigenvalue weighted by molar-refractivity contribution is -0.205. The highest BCUT2D eigenvalue weighted by Gasteiger charge is 2.76. The van der Waals surface area contributed by atoms with E-state index in [0.29, 0.717) is 12.3 Å². The molecule has 0 amide bonds. The zero-order valence-corrected chi connectivity index (χ0v) is 26.1. The third kappa shape index (κ3) is 3.88. The van der Waals surface area contributed by atoms with Crippen LogP contribution in [0.3, 0.4) is 0 Å². The second-order valence-corrected chi connectivity index (χ2v) is 15.4. The number of aliphatic hydroxyl groups is 1. The molecule has 1 N–H and O–H groups in total. The molecule has 0 radical (unpaired) electrons. The number of hydrogen-bond donors (Lipinski definition) is 1. The number of thioether (sulfide) groups is 1. The van der Waals surface area contributed by atoms with Crippen LogP contribution < -0.4 is 0 Å². The van der Waals surface area contributed by atoms with E-state index >= 15 is 0 Å². The Hall–Kier alpha value is -2.26. The monoisotopic (exact) mass is 602 g/mol. The first-order valence-electron chi connectivity index (χ1n) is 16.2. The van der Waals surface area contributed by atoms with Crippen molar-refractivity contribution in [3.8, 4) is 0 Å². The lowest BCUT2D eigenvalue weighted by atomic mass is 9.46. The topological polar surface area (TPSA) is 90.7 Å². The Labute approximate surface area is 257 Å². The molecule has 0 bridgehead atoms. The molecular weight excluding hydrogens is 560 g/mol. The Bertz CT molecular complexity index is 1560. The standard InChI is InChI=1S/C35H42N2O5S/c1-33-15-14-22(38)16-21(33)12-13-23-24-17-29-35(34(24,2)18-27(39)30(23)33,42-31(41-29)20-8-4-5-9-20)28(40)19-43-32-36-25-10-6-7-11-26(25)37(32)3/h6-7,10-11,14-16,20,23-24,27,29-31,39H,4-5,8-9,12-13,17-19H2,1-3H3/t23?,24?,27-,29-,30?,31?,33?,34?,35+/m0/s1. The van der Waals surface area contributed by atoms with E-state index in [2.05, 4.69) is 18.4 Å². The molecule has 43 heavy (non-hydrogen) atoms. The van der Waals surface area contributed by atoms with Crippen molar-refractivity contribution in [3.05, 3.63) is 48.1 Å². The lowest BCUT2D eigenvalue weighted by Gasteiger charge is -2.59. The smallest absolute Gasteiger partial charge is 0.178 e. The first kappa shape index (κ1) is 28.2. The van der Waals surface area contributed by atoms with Crippen LogP contribution in [0.25, 0.3) is 11.0 Å². The van der Waals surface area contributed by atoms with Gasteiger partial charge in [0.15, 0.2) is 28.6 Å². The first-order valence-corrected chi connectivity index (χ1v) is 17.2. The first-order chi connectivity index (χ1) is 20.7. The van der Waals surface area contributed by atoms with E-state index in [9.17, 15) is 14.7 Å². The maximum absolute atomic E-state index is 14.8. The van der Waals surface area contributed by atoms with E-state index in [1.54, 1.807) is 12.2 Å². The molecule has 0 spiro atoms. The van der Waals surface area contributed by atoms with E-state index in [0.717, 1.165) is 53.9 Å². The number of hydrogen-bond acceptors (Lipinski definition) is 7. The Balaban J connectivity index is 1.14. The third-order valence-corrected chi connectivity index (χ3v) is 13.6. The molecule has 1 aliphatic heterocycles. The van der Waals surface area contributed by atoms with Gasteiger partial charge in [0.25, 0.3) is 0 Å². The van der Waals surface area contributed by atoms with Gasteiger partial charge in [-0.15, -0.1) is 0 Å². The van der Waals surface area contributed by atoms with E-state index in [4.69, 9.17) is 14.5 Å². The van der Waals surface area contributed by atoms with Crippen LogP contribution in [-0.2, 0) is 26.1 Å². The molecule has 1 aromatic carbocycles. The molecular formula is C35H42N2O5S. The van der Waals surface area contributed by atoms with Gasteiger partial charge in [-0.05, 0) is 74.6 Å². The number of carbonyl (C=O) groups is 2. The molecule has 5 fully saturated rings. The average molecular weight is 603 g/mol. The van der Waals surface area contributed by atoms with Gasteiger partial charge in [-0.25, -0.2) is 4.98 Å². The van der Waals surface area contributed by atoms with Crippen molar-refractivity contribution in [1.82, 2.24) is 9.55 Å². The second kappa shape index (κ2) is 9.87. The number of ether oxygens (including phenoxy) is 2. The molecule has 8 heteroatoms. The molecule has 6 unspecified atom stereocenters. The van der Waals surface area contributed by atoms with Crippen LogP contribution in [0, 0.1) is 34.5 Å². The van der Waals surface area contributed by atoms with Crippen LogP contribution in [0.15, 0.2) is 53.2 Å². The van der Waals surface area contributed by atoms with E-state index < -0.39 is 17.1 Å². The van der Waals surface area contributed by atoms with Gasteiger partial charge in [0.2, 0.25) is 0 Å². The highest BCUT2D eigenvalue weighted by Crippen LogP contribution is 2.70. The van der Waals surface area contributed by atoms with Gasteiger partial charge in [0.1, 0.15) is 0 Å². The van der Waals surface area contributed by atoms with E-state index in [-0.39, 0.29) is 52.9 Å². The fraction of sp³-hybridized carbons (Fsp3) is 0.629. The van der Waals surface area contributed by atoms with Crippen LogP contribution in [-0.4, -0.2) is 56.1 Å². The summed E-state index contributed by atoms with van der Waals surface area (Å²) in [6, 6.07) is 8.04. The maximum Gasteiger partial charge on any atom is 0.178 e. The summed E-state index contributed by atoms with van der Waals surface area (Å²) in [5, 5.41) is 12.8. The summed E-state index contributed by atoms with van der Waals surface area (Å²) in [6.07, 6.45) is 11.7. The van der Waals surface area contributed by atoms with Gasteiger partial charge in [0.05, 0.1) is 29.0 Å². The largest absolute Gasteiger partial charge is 0.393 e. The fourth-order valence-corrected chi connectivity index (χ4v) is 11.5. The number of para-hydroxylation sites is 2. The minimum atomic E-state index is -1.09. The molecule has 228 valence electrons. The Morgan fingerprint density at radius 3 is 2.77 bits per heavy atom. The van der Waals surface area contributed by atoms with Crippen molar-refractivity contribution < 1.29 is 24.2 Å². The number of benzene rings is 1. The Kier molecular flexibility index (Phi) is 6.48. The van der Waals surface area contributed by atoms with Crippen molar-refractivity contribution >= 4 is 34.4 Å². The SMILES string of the molecule is Cn1c(SCC(=O)[C@@]23OC(C4CCCC4)O[C@H]2CC2C4CCC5=CC(=O)C=CC5(C)C4[C@@H](O)CC23C)nc2ccccc21. The number of ketones is 2. The van der Waals surface area contributed by atoms with Crippen LogP contribution in [0.5, 0.6) is 0 Å². The Morgan fingerprint density at radius 2 is 1.98 bits per heavy atom. The summed E-state index contributed by atoms with van der Waals surface area (Å²) < 4.78 is 15.9. The van der Waals surface area contributed by atoms with E-state index in [1.165, 1.54) is 24.6 Å².